The molecule has 0 bridgehead atoms. The van der Waals surface area contributed by atoms with Crippen molar-refractivity contribution >= 4 is 11.6 Å². The molecule has 0 atom stereocenters. The molecule has 0 fully saturated rings. The second kappa shape index (κ2) is 8.44. The van der Waals surface area contributed by atoms with Crippen molar-refractivity contribution in [1.82, 2.24) is 9.78 Å². The Morgan fingerprint density at radius 2 is 1.81 bits per heavy atom. The van der Waals surface area contributed by atoms with E-state index in [0.717, 1.165) is 18.0 Å². The van der Waals surface area contributed by atoms with Gasteiger partial charge in [0.1, 0.15) is 23.9 Å². The first-order chi connectivity index (χ1) is 13.1. The summed E-state index contributed by atoms with van der Waals surface area (Å²) < 4.78 is 18.5. The van der Waals surface area contributed by atoms with Crippen LogP contribution in [0.5, 0.6) is 11.5 Å². The average Bonchev–Trinajstić information content (AvgIpc) is 3.29. The van der Waals surface area contributed by atoms with Gasteiger partial charge in [0.15, 0.2) is 5.76 Å². The normalized spacial score (nSPS) is 10.6. The Balaban J connectivity index is 1.57. The third kappa shape index (κ3) is 4.49. The van der Waals surface area contributed by atoms with Crippen LogP contribution in [0.25, 0.3) is 0 Å². The topological polar surface area (TPSA) is 78.5 Å². The molecule has 0 aliphatic heterocycles. The van der Waals surface area contributed by atoms with Crippen LogP contribution < -0.4 is 14.8 Å². The molecule has 3 rings (SSSR count). The van der Waals surface area contributed by atoms with E-state index in [1.54, 1.807) is 18.3 Å². The van der Waals surface area contributed by atoms with Gasteiger partial charge in [0.05, 0.1) is 24.2 Å². The number of carbonyl (C=O) groups is 1. The Hall–Kier alpha value is -3.22. The molecule has 0 unspecified atom stereocenters. The van der Waals surface area contributed by atoms with Gasteiger partial charge in [0.25, 0.3) is 5.91 Å². The smallest absolute Gasteiger partial charge is 0.291 e. The number of hydrogen-bond donors (Lipinski definition) is 1. The number of aromatic nitrogens is 2. The zero-order valence-electron chi connectivity index (χ0n) is 15.7. The van der Waals surface area contributed by atoms with Crippen molar-refractivity contribution in [2.45, 2.75) is 33.9 Å². The van der Waals surface area contributed by atoms with Gasteiger partial charge in [0.2, 0.25) is 0 Å². The quantitative estimate of drug-likeness (QED) is 0.648. The molecule has 0 saturated carbocycles. The summed E-state index contributed by atoms with van der Waals surface area (Å²) in [6, 6.07) is 10.7. The van der Waals surface area contributed by atoms with Crippen molar-refractivity contribution in [1.29, 1.82) is 0 Å². The van der Waals surface area contributed by atoms with E-state index >= 15 is 0 Å². The van der Waals surface area contributed by atoms with Gasteiger partial charge in [-0.05, 0) is 57.2 Å². The van der Waals surface area contributed by atoms with Gasteiger partial charge >= 0.3 is 0 Å². The molecular formula is C20H23N3O4. The number of carbonyl (C=O) groups excluding carboxylic acids is 1. The molecule has 2 aromatic heterocycles. The summed E-state index contributed by atoms with van der Waals surface area (Å²) in [5.41, 5.74) is 1.57. The largest absolute Gasteiger partial charge is 0.494 e. The third-order valence-electron chi connectivity index (χ3n) is 4.05. The number of aryl methyl sites for hydroxylation is 1. The highest BCUT2D eigenvalue weighted by molar-refractivity contribution is 6.02. The van der Waals surface area contributed by atoms with Gasteiger partial charge in [-0.15, -0.1) is 0 Å². The van der Waals surface area contributed by atoms with Gasteiger partial charge in [-0.3, -0.25) is 9.48 Å². The average molecular weight is 369 g/mol. The molecule has 0 saturated heterocycles. The van der Waals surface area contributed by atoms with Crippen LogP contribution in [0.1, 0.15) is 35.9 Å². The second-order valence-electron chi connectivity index (χ2n) is 5.87. The molecule has 1 amide bonds. The number of furan rings is 1. The zero-order valence-corrected chi connectivity index (χ0v) is 15.7. The molecule has 2 heterocycles. The van der Waals surface area contributed by atoms with E-state index in [2.05, 4.69) is 10.4 Å². The van der Waals surface area contributed by atoms with E-state index in [0.29, 0.717) is 23.8 Å². The molecule has 1 N–H and O–H groups in total. The van der Waals surface area contributed by atoms with Crippen LogP contribution in [0.2, 0.25) is 0 Å². The fraction of sp³-hybridized carbons (Fsp3) is 0.300. The molecule has 0 radical (unpaired) electrons. The fourth-order valence-electron chi connectivity index (χ4n) is 2.60. The molecule has 7 heteroatoms. The SMILES string of the molecule is CCOc1ccc(OCc2ccc(C(=O)Nc3cnn(CC)c3C)o2)cc1. The molecule has 1 aromatic carbocycles. The minimum Gasteiger partial charge on any atom is -0.494 e. The maximum Gasteiger partial charge on any atom is 0.291 e. The predicted octanol–water partition coefficient (Wildman–Crippen LogP) is 4.03. The van der Waals surface area contributed by atoms with E-state index in [-0.39, 0.29) is 18.3 Å². The van der Waals surface area contributed by atoms with Crippen LogP contribution >= 0.6 is 0 Å². The van der Waals surface area contributed by atoms with E-state index < -0.39 is 0 Å². The molecule has 27 heavy (non-hydrogen) atoms. The molecule has 142 valence electrons. The summed E-state index contributed by atoms with van der Waals surface area (Å²) in [4.78, 5) is 12.4. The zero-order chi connectivity index (χ0) is 19.2. The Morgan fingerprint density at radius 3 is 2.44 bits per heavy atom. The maximum absolute atomic E-state index is 12.4. The van der Waals surface area contributed by atoms with Crippen molar-refractivity contribution in [3.63, 3.8) is 0 Å². The van der Waals surface area contributed by atoms with Crippen molar-refractivity contribution in [3.8, 4) is 11.5 Å². The van der Waals surface area contributed by atoms with Gasteiger partial charge in [-0.25, -0.2) is 0 Å². The summed E-state index contributed by atoms with van der Waals surface area (Å²) in [5.74, 6) is 1.96. The first kappa shape index (κ1) is 18.6. The highest BCUT2D eigenvalue weighted by Gasteiger charge is 2.14. The lowest BCUT2D eigenvalue weighted by Gasteiger charge is -2.06. The second-order valence-corrected chi connectivity index (χ2v) is 5.87. The molecule has 0 aliphatic rings. The first-order valence-electron chi connectivity index (χ1n) is 8.88. The molecule has 0 spiro atoms. The number of hydrogen-bond acceptors (Lipinski definition) is 5. The van der Waals surface area contributed by atoms with Crippen LogP contribution in [-0.4, -0.2) is 22.3 Å². The van der Waals surface area contributed by atoms with Crippen LogP contribution in [-0.2, 0) is 13.2 Å². The Bertz CT molecular complexity index is 896. The molecular weight excluding hydrogens is 346 g/mol. The lowest BCUT2D eigenvalue weighted by atomic mass is 10.3. The van der Waals surface area contributed by atoms with Gasteiger partial charge < -0.3 is 19.2 Å². The summed E-state index contributed by atoms with van der Waals surface area (Å²) in [6.07, 6.45) is 1.63. The van der Waals surface area contributed by atoms with Crippen LogP contribution in [0, 0.1) is 6.92 Å². The number of nitrogens with zero attached hydrogens (tertiary/aromatic N) is 2. The Kier molecular flexibility index (Phi) is 5.80. The van der Waals surface area contributed by atoms with Crippen molar-refractivity contribution in [2.24, 2.45) is 0 Å². The molecule has 7 nitrogen and oxygen atoms in total. The molecule has 3 aromatic rings. The predicted molar refractivity (Wildman–Crippen MR) is 101 cm³/mol. The highest BCUT2D eigenvalue weighted by Crippen LogP contribution is 2.20. The van der Waals surface area contributed by atoms with Crippen LogP contribution in [0.15, 0.2) is 47.0 Å². The van der Waals surface area contributed by atoms with Crippen molar-refractivity contribution in [3.05, 3.63) is 59.8 Å². The Labute approximate surface area is 157 Å². The lowest BCUT2D eigenvalue weighted by Crippen LogP contribution is -2.11. The summed E-state index contributed by atoms with van der Waals surface area (Å²) >= 11 is 0. The minimum atomic E-state index is -0.318. The first-order valence-corrected chi connectivity index (χ1v) is 8.88. The number of amides is 1. The van der Waals surface area contributed by atoms with E-state index in [4.69, 9.17) is 13.9 Å². The highest BCUT2D eigenvalue weighted by atomic mass is 16.5. The monoisotopic (exact) mass is 369 g/mol. The number of benzene rings is 1. The van der Waals surface area contributed by atoms with E-state index in [1.807, 2.05) is 49.7 Å². The third-order valence-corrected chi connectivity index (χ3v) is 4.05. The van der Waals surface area contributed by atoms with Crippen LogP contribution in [0.3, 0.4) is 0 Å². The number of anilines is 1. The maximum atomic E-state index is 12.4. The number of ether oxygens (including phenoxy) is 2. The summed E-state index contributed by atoms with van der Waals surface area (Å²) in [6.45, 7) is 7.44. The Morgan fingerprint density at radius 1 is 1.11 bits per heavy atom. The minimum absolute atomic E-state index is 0.226. The van der Waals surface area contributed by atoms with E-state index in [9.17, 15) is 4.79 Å². The number of rotatable bonds is 8. The van der Waals surface area contributed by atoms with Gasteiger partial charge in [0, 0.05) is 6.54 Å². The standard InChI is InChI=1S/C20H23N3O4/c1-4-23-14(3)18(12-21-23)22-20(24)19-11-10-17(27-19)13-26-16-8-6-15(7-9-16)25-5-2/h6-12H,4-5,13H2,1-3H3,(H,22,24). The van der Waals surface area contributed by atoms with Gasteiger partial charge in [-0.1, -0.05) is 0 Å². The van der Waals surface area contributed by atoms with Crippen molar-refractivity contribution in [2.75, 3.05) is 11.9 Å². The lowest BCUT2D eigenvalue weighted by molar-refractivity contribution is 0.0992. The summed E-state index contributed by atoms with van der Waals surface area (Å²) in [7, 11) is 0. The number of nitrogens with one attached hydrogen (secondary N) is 1. The van der Waals surface area contributed by atoms with Gasteiger partial charge in [-0.2, -0.15) is 5.10 Å². The fourth-order valence-corrected chi connectivity index (χ4v) is 2.60. The molecule has 0 aliphatic carbocycles. The van der Waals surface area contributed by atoms with E-state index in [1.165, 1.54) is 0 Å². The van der Waals surface area contributed by atoms with Crippen molar-refractivity contribution < 1.29 is 18.7 Å². The summed E-state index contributed by atoms with van der Waals surface area (Å²) in [5, 5.41) is 7.03. The van der Waals surface area contributed by atoms with Crippen LogP contribution in [0.4, 0.5) is 5.69 Å².